The van der Waals surface area contributed by atoms with Crippen LogP contribution >= 0.6 is 0 Å². The van der Waals surface area contributed by atoms with E-state index in [1.807, 2.05) is 45.7 Å². The number of hydrogen-bond acceptors (Lipinski definition) is 4. The van der Waals surface area contributed by atoms with Gasteiger partial charge in [0.15, 0.2) is 0 Å². The average molecular weight is 291 g/mol. The Kier molecular flexibility index (Phi) is 4.50. The molecule has 0 spiro atoms. The van der Waals surface area contributed by atoms with Crippen molar-refractivity contribution in [2.24, 2.45) is 0 Å². The van der Waals surface area contributed by atoms with Crippen LogP contribution in [0.5, 0.6) is 0 Å². The van der Waals surface area contributed by atoms with Crippen molar-refractivity contribution in [1.29, 1.82) is 0 Å². The fraction of sp³-hybridized carbons (Fsp3) is 0.438. The van der Waals surface area contributed by atoms with E-state index in [4.69, 9.17) is 4.52 Å². The molecule has 2 rings (SSSR count). The van der Waals surface area contributed by atoms with Gasteiger partial charge in [-0.3, -0.25) is 0 Å². The molecule has 1 aromatic carbocycles. The first-order valence-corrected chi connectivity index (χ1v) is 7.08. The third-order valence-corrected chi connectivity index (χ3v) is 3.75. The summed E-state index contributed by atoms with van der Waals surface area (Å²) in [6.07, 6.45) is 0. The summed E-state index contributed by atoms with van der Waals surface area (Å²) in [5.41, 5.74) is 3.22. The Labute approximate surface area is 124 Å². The van der Waals surface area contributed by atoms with Crippen LogP contribution in [0.2, 0.25) is 0 Å². The minimum atomic E-state index is -0.227. The summed E-state index contributed by atoms with van der Waals surface area (Å²) in [6, 6.07) is 5.45. The number of anilines is 2. The van der Waals surface area contributed by atoms with Crippen LogP contribution in [-0.2, 0) is 6.54 Å². The summed E-state index contributed by atoms with van der Waals surface area (Å²) in [6.45, 7) is 8.40. The van der Waals surface area contributed by atoms with Crippen LogP contribution in [0.3, 0.4) is 0 Å². The maximum absolute atomic E-state index is 14.2. The van der Waals surface area contributed by atoms with E-state index in [9.17, 15) is 4.39 Å². The van der Waals surface area contributed by atoms with E-state index in [0.29, 0.717) is 12.2 Å². The van der Waals surface area contributed by atoms with Crippen LogP contribution in [0.1, 0.15) is 30.9 Å². The fourth-order valence-corrected chi connectivity index (χ4v) is 2.13. The highest BCUT2D eigenvalue weighted by Gasteiger charge is 2.12. The molecule has 1 N–H and O–H groups in total. The third kappa shape index (κ3) is 3.35. The summed E-state index contributed by atoms with van der Waals surface area (Å²) in [7, 11) is 1.89. The number of aryl methyl sites for hydroxylation is 2. The summed E-state index contributed by atoms with van der Waals surface area (Å²) >= 11 is 0. The van der Waals surface area contributed by atoms with E-state index < -0.39 is 0 Å². The molecular formula is C16H22FN3O. The quantitative estimate of drug-likeness (QED) is 0.907. The highest BCUT2D eigenvalue weighted by atomic mass is 19.1. The molecule has 0 unspecified atom stereocenters. The molecule has 1 aromatic heterocycles. The van der Waals surface area contributed by atoms with Gasteiger partial charge in [-0.2, -0.15) is 0 Å². The molecule has 0 fully saturated rings. The van der Waals surface area contributed by atoms with Crippen molar-refractivity contribution in [3.05, 3.63) is 41.0 Å². The number of rotatable bonds is 5. The van der Waals surface area contributed by atoms with Crippen molar-refractivity contribution in [2.75, 3.05) is 17.3 Å². The van der Waals surface area contributed by atoms with Gasteiger partial charge in [0.1, 0.15) is 11.6 Å². The van der Waals surface area contributed by atoms with Gasteiger partial charge < -0.3 is 14.7 Å². The molecule has 4 nitrogen and oxygen atoms in total. The second-order valence-corrected chi connectivity index (χ2v) is 5.53. The lowest BCUT2D eigenvalue weighted by molar-refractivity contribution is 0.392. The van der Waals surface area contributed by atoms with Crippen molar-refractivity contribution < 1.29 is 8.91 Å². The molecule has 0 aliphatic heterocycles. The Bertz CT molecular complexity index is 602. The molecule has 114 valence electrons. The zero-order chi connectivity index (χ0) is 15.6. The lowest BCUT2D eigenvalue weighted by Crippen LogP contribution is -2.26. The van der Waals surface area contributed by atoms with Gasteiger partial charge in [-0.25, -0.2) is 4.39 Å². The minimum Gasteiger partial charge on any atom is -0.381 e. The number of aromatic nitrogens is 1. The summed E-state index contributed by atoms with van der Waals surface area (Å²) in [4.78, 5) is 1.91. The molecule has 0 amide bonds. The lowest BCUT2D eigenvalue weighted by Gasteiger charge is -2.24. The molecule has 5 heteroatoms. The lowest BCUT2D eigenvalue weighted by atomic mass is 10.2. The predicted octanol–water partition coefficient (Wildman–Crippen LogP) is 3.89. The predicted molar refractivity (Wildman–Crippen MR) is 83.2 cm³/mol. The van der Waals surface area contributed by atoms with Crippen molar-refractivity contribution in [2.45, 2.75) is 40.3 Å². The molecule has 0 aliphatic rings. The Hall–Kier alpha value is -2.04. The molecule has 0 radical (unpaired) electrons. The van der Waals surface area contributed by atoms with Crippen LogP contribution in [0, 0.1) is 19.7 Å². The standard InChI is InChI=1S/C16H22FN3O/c1-10(2)20(5)16-7-6-13(8-15(16)17)18-9-14-11(3)19-21-12(14)4/h6-8,10,18H,9H2,1-5H3. The summed E-state index contributed by atoms with van der Waals surface area (Å²) in [5.74, 6) is 0.562. The van der Waals surface area contributed by atoms with Gasteiger partial charge >= 0.3 is 0 Å². The highest BCUT2D eigenvalue weighted by molar-refractivity contribution is 5.56. The molecule has 0 bridgehead atoms. The highest BCUT2D eigenvalue weighted by Crippen LogP contribution is 2.24. The SMILES string of the molecule is Cc1noc(C)c1CNc1ccc(N(C)C(C)C)c(F)c1. The number of halogens is 1. The number of nitrogens with one attached hydrogen (secondary N) is 1. The van der Waals surface area contributed by atoms with Crippen LogP contribution in [0.4, 0.5) is 15.8 Å². The van der Waals surface area contributed by atoms with Crippen LogP contribution < -0.4 is 10.2 Å². The molecular weight excluding hydrogens is 269 g/mol. The first-order valence-electron chi connectivity index (χ1n) is 7.08. The Morgan fingerprint density at radius 2 is 2.05 bits per heavy atom. The summed E-state index contributed by atoms with van der Waals surface area (Å²) < 4.78 is 19.3. The molecule has 0 saturated carbocycles. The molecule has 0 atom stereocenters. The molecule has 21 heavy (non-hydrogen) atoms. The van der Waals surface area contributed by atoms with Crippen LogP contribution in [0.15, 0.2) is 22.7 Å². The topological polar surface area (TPSA) is 41.3 Å². The van der Waals surface area contributed by atoms with E-state index in [2.05, 4.69) is 10.5 Å². The Morgan fingerprint density at radius 1 is 1.33 bits per heavy atom. The van der Waals surface area contributed by atoms with Crippen molar-refractivity contribution in [3.8, 4) is 0 Å². The van der Waals surface area contributed by atoms with Crippen molar-refractivity contribution in [3.63, 3.8) is 0 Å². The largest absolute Gasteiger partial charge is 0.381 e. The number of hydrogen-bond donors (Lipinski definition) is 1. The maximum Gasteiger partial charge on any atom is 0.148 e. The van der Waals surface area contributed by atoms with Gasteiger partial charge in [0.2, 0.25) is 0 Å². The van der Waals surface area contributed by atoms with Crippen molar-refractivity contribution >= 4 is 11.4 Å². The third-order valence-electron chi connectivity index (χ3n) is 3.75. The number of benzene rings is 1. The fourth-order valence-electron chi connectivity index (χ4n) is 2.13. The van der Waals surface area contributed by atoms with E-state index in [1.54, 1.807) is 6.07 Å². The van der Waals surface area contributed by atoms with Gasteiger partial charge in [-0.05, 0) is 45.9 Å². The van der Waals surface area contributed by atoms with Crippen molar-refractivity contribution in [1.82, 2.24) is 5.16 Å². The van der Waals surface area contributed by atoms with Gasteiger partial charge in [0.05, 0.1) is 11.4 Å². The Morgan fingerprint density at radius 3 is 2.57 bits per heavy atom. The first-order chi connectivity index (χ1) is 9.90. The van der Waals surface area contributed by atoms with E-state index >= 15 is 0 Å². The molecule has 0 saturated heterocycles. The first kappa shape index (κ1) is 15.4. The number of nitrogens with zero attached hydrogens (tertiary/aromatic N) is 2. The smallest absolute Gasteiger partial charge is 0.148 e. The second kappa shape index (κ2) is 6.16. The van der Waals surface area contributed by atoms with E-state index in [1.165, 1.54) is 6.07 Å². The molecule has 1 heterocycles. The van der Waals surface area contributed by atoms with Gasteiger partial charge in [0, 0.05) is 30.9 Å². The Balaban J connectivity index is 2.11. The van der Waals surface area contributed by atoms with Gasteiger partial charge in [-0.1, -0.05) is 5.16 Å². The van der Waals surface area contributed by atoms with Gasteiger partial charge in [-0.15, -0.1) is 0 Å². The van der Waals surface area contributed by atoms with E-state index in [0.717, 1.165) is 22.7 Å². The normalized spacial score (nSPS) is 11.0. The zero-order valence-corrected chi connectivity index (χ0v) is 13.2. The van der Waals surface area contributed by atoms with Crippen LogP contribution in [0.25, 0.3) is 0 Å². The van der Waals surface area contributed by atoms with Crippen LogP contribution in [-0.4, -0.2) is 18.2 Å². The average Bonchev–Trinajstić information content (AvgIpc) is 2.75. The summed E-state index contributed by atoms with van der Waals surface area (Å²) in [5, 5.41) is 7.11. The maximum atomic E-state index is 14.2. The zero-order valence-electron chi connectivity index (χ0n) is 13.2. The van der Waals surface area contributed by atoms with E-state index in [-0.39, 0.29) is 11.9 Å². The molecule has 0 aliphatic carbocycles. The monoisotopic (exact) mass is 291 g/mol. The minimum absolute atomic E-state index is 0.227. The second-order valence-electron chi connectivity index (χ2n) is 5.53. The molecule has 2 aromatic rings. The van der Waals surface area contributed by atoms with Gasteiger partial charge in [0.25, 0.3) is 0 Å².